The van der Waals surface area contributed by atoms with Crippen LogP contribution in [0.1, 0.15) is 17.0 Å². The summed E-state index contributed by atoms with van der Waals surface area (Å²) in [6.07, 6.45) is 0. The number of aromatic nitrogens is 3. The van der Waals surface area contributed by atoms with Crippen LogP contribution >= 0.6 is 11.6 Å². The Kier molecular flexibility index (Phi) is 3.20. The van der Waals surface area contributed by atoms with Gasteiger partial charge in [0.1, 0.15) is 0 Å². The van der Waals surface area contributed by atoms with E-state index in [9.17, 15) is 0 Å². The molecule has 0 bridgehead atoms. The van der Waals surface area contributed by atoms with Gasteiger partial charge >= 0.3 is 0 Å². The molecule has 0 unspecified atom stereocenters. The molecule has 0 radical (unpaired) electrons. The van der Waals surface area contributed by atoms with Crippen molar-refractivity contribution in [3.8, 4) is 11.3 Å². The van der Waals surface area contributed by atoms with Crippen molar-refractivity contribution in [2.75, 3.05) is 0 Å². The average molecular weight is 287 g/mol. The first-order valence-corrected chi connectivity index (χ1v) is 6.80. The summed E-state index contributed by atoms with van der Waals surface area (Å²) < 4.78 is 1.85. The number of halogens is 1. The van der Waals surface area contributed by atoms with Crippen LogP contribution in [-0.2, 0) is 6.54 Å². The predicted molar refractivity (Wildman–Crippen MR) is 80.8 cm³/mol. The summed E-state index contributed by atoms with van der Waals surface area (Å²) in [5, 5.41) is 5.33. The van der Waals surface area contributed by atoms with Crippen LogP contribution in [0, 0.1) is 13.8 Å². The second-order valence-corrected chi connectivity index (χ2v) is 5.21. The molecule has 0 aliphatic carbocycles. The third kappa shape index (κ3) is 2.07. The predicted octanol–water partition coefficient (Wildman–Crippen LogP) is 3.13. The minimum Gasteiger partial charge on any atom is -0.326 e. The van der Waals surface area contributed by atoms with Gasteiger partial charge in [-0.3, -0.25) is 0 Å². The van der Waals surface area contributed by atoms with Crippen LogP contribution in [0.15, 0.2) is 30.3 Å². The van der Waals surface area contributed by atoms with Crippen molar-refractivity contribution in [3.63, 3.8) is 0 Å². The summed E-state index contributed by atoms with van der Waals surface area (Å²) in [5.74, 6) is 0. The van der Waals surface area contributed by atoms with Crippen LogP contribution in [0.4, 0.5) is 0 Å². The molecule has 102 valence electrons. The van der Waals surface area contributed by atoms with Crippen LogP contribution in [0.2, 0.25) is 5.02 Å². The molecule has 5 heteroatoms. The highest BCUT2D eigenvalue weighted by Gasteiger charge is 2.11. The van der Waals surface area contributed by atoms with Gasteiger partial charge in [0, 0.05) is 40.1 Å². The molecule has 2 aromatic heterocycles. The van der Waals surface area contributed by atoms with Gasteiger partial charge in [-0.2, -0.15) is 5.10 Å². The van der Waals surface area contributed by atoms with Crippen LogP contribution in [0.25, 0.3) is 16.9 Å². The normalized spacial score (nSPS) is 11.2. The third-order valence-electron chi connectivity index (χ3n) is 3.51. The van der Waals surface area contributed by atoms with Gasteiger partial charge < -0.3 is 5.73 Å². The summed E-state index contributed by atoms with van der Waals surface area (Å²) in [5.41, 5.74) is 11.6. The first-order valence-electron chi connectivity index (χ1n) is 6.42. The lowest BCUT2D eigenvalue weighted by Crippen LogP contribution is -2.09. The third-order valence-corrected chi connectivity index (χ3v) is 3.76. The summed E-state index contributed by atoms with van der Waals surface area (Å²) >= 11 is 5.91. The Morgan fingerprint density at radius 2 is 1.90 bits per heavy atom. The standard InChI is InChI=1S/C15H15ClN4/c1-9-13(8-17)10(2)20-15(18-9)7-14(19-20)11-3-5-12(16)6-4-11/h3-7H,8,17H2,1-2H3. The largest absolute Gasteiger partial charge is 0.326 e. The Bertz CT molecular complexity index is 775. The Morgan fingerprint density at radius 1 is 1.20 bits per heavy atom. The molecular formula is C15H15ClN4. The first kappa shape index (κ1) is 13.1. The Balaban J connectivity index is 2.20. The van der Waals surface area contributed by atoms with Gasteiger partial charge in [0.05, 0.1) is 5.69 Å². The average Bonchev–Trinajstić information content (AvgIpc) is 2.84. The molecule has 0 saturated heterocycles. The maximum absolute atomic E-state index is 5.91. The van der Waals surface area contributed by atoms with Crippen molar-refractivity contribution in [1.82, 2.24) is 14.6 Å². The molecule has 4 nitrogen and oxygen atoms in total. The molecule has 20 heavy (non-hydrogen) atoms. The second-order valence-electron chi connectivity index (χ2n) is 4.77. The van der Waals surface area contributed by atoms with E-state index in [0.717, 1.165) is 33.9 Å². The number of nitrogens with zero attached hydrogens (tertiary/aromatic N) is 3. The fraction of sp³-hybridized carbons (Fsp3) is 0.200. The van der Waals surface area contributed by atoms with E-state index in [-0.39, 0.29) is 0 Å². The van der Waals surface area contributed by atoms with E-state index in [1.807, 2.05) is 48.7 Å². The van der Waals surface area contributed by atoms with Crippen molar-refractivity contribution in [2.24, 2.45) is 5.73 Å². The maximum Gasteiger partial charge on any atom is 0.156 e. The number of rotatable bonds is 2. The summed E-state index contributed by atoms with van der Waals surface area (Å²) in [6.45, 7) is 4.46. The van der Waals surface area contributed by atoms with Crippen LogP contribution < -0.4 is 5.73 Å². The molecule has 0 saturated carbocycles. The van der Waals surface area contributed by atoms with Gasteiger partial charge in [-0.1, -0.05) is 23.7 Å². The minimum absolute atomic E-state index is 0.469. The second kappa shape index (κ2) is 4.89. The lowest BCUT2D eigenvalue weighted by atomic mass is 10.1. The molecule has 0 fully saturated rings. The number of benzene rings is 1. The van der Waals surface area contributed by atoms with Crippen LogP contribution in [0.3, 0.4) is 0 Å². The fourth-order valence-electron chi connectivity index (χ4n) is 2.38. The van der Waals surface area contributed by atoms with Crippen LogP contribution in [0.5, 0.6) is 0 Å². The number of fused-ring (bicyclic) bond motifs is 1. The lowest BCUT2D eigenvalue weighted by molar-refractivity contribution is 0.845. The highest BCUT2D eigenvalue weighted by Crippen LogP contribution is 2.23. The zero-order valence-corrected chi connectivity index (χ0v) is 12.1. The Hall–Kier alpha value is -1.91. The molecule has 2 heterocycles. The highest BCUT2D eigenvalue weighted by molar-refractivity contribution is 6.30. The molecule has 1 aromatic carbocycles. The van der Waals surface area contributed by atoms with E-state index < -0.39 is 0 Å². The quantitative estimate of drug-likeness (QED) is 0.787. The number of hydrogen-bond acceptors (Lipinski definition) is 3. The summed E-state index contributed by atoms with van der Waals surface area (Å²) in [4.78, 5) is 4.57. The minimum atomic E-state index is 0.469. The van der Waals surface area contributed by atoms with E-state index in [2.05, 4.69) is 10.1 Å². The molecular weight excluding hydrogens is 272 g/mol. The van der Waals surface area contributed by atoms with E-state index in [1.165, 1.54) is 0 Å². The first-order chi connectivity index (χ1) is 9.60. The Morgan fingerprint density at radius 3 is 2.55 bits per heavy atom. The SMILES string of the molecule is Cc1nc2cc(-c3ccc(Cl)cc3)nn2c(C)c1CN. The van der Waals surface area contributed by atoms with E-state index in [1.54, 1.807) is 0 Å². The molecule has 0 aliphatic heterocycles. The molecule has 0 spiro atoms. The molecule has 0 amide bonds. The van der Waals surface area contributed by atoms with Gasteiger partial charge in [0.15, 0.2) is 5.65 Å². The lowest BCUT2D eigenvalue weighted by Gasteiger charge is -2.08. The van der Waals surface area contributed by atoms with Crippen molar-refractivity contribution < 1.29 is 0 Å². The maximum atomic E-state index is 5.91. The fourth-order valence-corrected chi connectivity index (χ4v) is 2.51. The van der Waals surface area contributed by atoms with Gasteiger partial charge in [0.2, 0.25) is 0 Å². The van der Waals surface area contributed by atoms with Crippen molar-refractivity contribution in [3.05, 3.63) is 52.3 Å². The smallest absolute Gasteiger partial charge is 0.156 e. The Labute approximate surface area is 122 Å². The number of nitrogens with two attached hydrogens (primary N) is 1. The van der Waals surface area contributed by atoms with Gasteiger partial charge in [0.25, 0.3) is 0 Å². The van der Waals surface area contributed by atoms with Crippen molar-refractivity contribution >= 4 is 17.2 Å². The van der Waals surface area contributed by atoms with E-state index in [4.69, 9.17) is 17.3 Å². The van der Waals surface area contributed by atoms with Crippen molar-refractivity contribution in [1.29, 1.82) is 0 Å². The molecule has 2 N–H and O–H groups in total. The van der Waals surface area contributed by atoms with E-state index in [0.29, 0.717) is 11.6 Å². The summed E-state index contributed by atoms with van der Waals surface area (Å²) in [6, 6.07) is 9.60. The molecule has 0 aliphatic rings. The number of hydrogen-bond donors (Lipinski definition) is 1. The van der Waals surface area contributed by atoms with Gasteiger partial charge in [-0.25, -0.2) is 9.50 Å². The van der Waals surface area contributed by atoms with E-state index >= 15 is 0 Å². The zero-order chi connectivity index (χ0) is 14.3. The number of aryl methyl sites for hydroxylation is 2. The zero-order valence-electron chi connectivity index (χ0n) is 11.4. The monoisotopic (exact) mass is 286 g/mol. The van der Waals surface area contributed by atoms with Crippen LogP contribution in [-0.4, -0.2) is 14.6 Å². The van der Waals surface area contributed by atoms with Crippen molar-refractivity contribution in [2.45, 2.75) is 20.4 Å². The molecule has 3 aromatic rings. The van der Waals surface area contributed by atoms with Gasteiger partial charge in [-0.15, -0.1) is 0 Å². The highest BCUT2D eigenvalue weighted by atomic mass is 35.5. The summed E-state index contributed by atoms with van der Waals surface area (Å²) in [7, 11) is 0. The molecule has 3 rings (SSSR count). The molecule has 0 atom stereocenters. The van der Waals surface area contributed by atoms with Gasteiger partial charge in [-0.05, 0) is 26.0 Å². The topological polar surface area (TPSA) is 56.2 Å².